The van der Waals surface area contributed by atoms with Crippen molar-refractivity contribution in [3.8, 4) is 0 Å². The van der Waals surface area contributed by atoms with Crippen molar-refractivity contribution < 1.29 is 19.1 Å². The van der Waals surface area contributed by atoms with Crippen molar-refractivity contribution in [2.24, 2.45) is 11.3 Å². The number of carbonyl (C=O) groups excluding carboxylic acids is 1. The number of rotatable bonds is 4. The Morgan fingerprint density at radius 2 is 2.14 bits per heavy atom. The maximum atomic E-state index is 13.2. The van der Waals surface area contributed by atoms with E-state index in [0.29, 0.717) is 13.0 Å². The first-order valence-corrected chi connectivity index (χ1v) is 6.92. The van der Waals surface area contributed by atoms with Gasteiger partial charge in [0.05, 0.1) is 16.7 Å². The van der Waals surface area contributed by atoms with Crippen LogP contribution in [-0.4, -0.2) is 30.1 Å². The van der Waals surface area contributed by atoms with Gasteiger partial charge in [0, 0.05) is 6.54 Å². The van der Waals surface area contributed by atoms with Crippen LogP contribution in [0.15, 0.2) is 18.2 Å². The van der Waals surface area contributed by atoms with Gasteiger partial charge in [-0.25, -0.2) is 9.18 Å². The number of halogens is 1. The molecule has 1 aliphatic heterocycles. The number of carboxylic acids is 1. The summed E-state index contributed by atoms with van der Waals surface area (Å²) in [5.74, 6) is -2.03. The third-order valence-electron chi connectivity index (χ3n) is 4.21. The molecule has 2 rings (SSSR count). The molecule has 1 aromatic carbocycles. The Balaban J connectivity index is 2.29. The smallest absolute Gasteiger partial charge is 0.337 e. The summed E-state index contributed by atoms with van der Waals surface area (Å²) in [7, 11) is 0. The first-order valence-electron chi connectivity index (χ1n) is 6.92. The third-order valence-corrected chi connectivity index (χ3v) is 4.21. The van der Waals surface area contributed by atoms with E-state index in [-0.39, 0.29) is 23.1 Å². The summed E-state index contributed by atoms with van der Waals surface area (Å²) in [5, 5.41) is 14.9. The van der Waals surface area contributed by atoms with Crippen LogP contribution in [0.4, 0.5) is 10.1 Å². The second kappa shape index (κ2) is 5.81. The summed E-state index contributed by atoms with van der Waals surface area (Å²) in [4.78, 5) is 23.8. The van der Waals surface area contributed by atoms with Gasteiger partial charge in [-0.1, -0.05) is 13.8 Å². The van der Waals surface area contributed by atoms with Gasteiger partial charge in [-0.05, 0) is 37.1 Å². The van der Waals surface area contributed by atoms with E-state index in [1.54, 1.807) is 0 Å². The number of hydrogen-bond donors (Lipinski definition) is 3. The molecule has 0 saturated carbocycles. The van der Waals surface area contributed by atoms with Crippen molar-refractivity contribution in [2.75, 3.05) is 18.4 Å². The standard InChI is InChI=1S/C15H19FN2O3/c1-9(2)15(5-6-17-8-15)14(21)18-12-4-3-10(16)7-11(12)13(19)20/h3-4,7,9,17H,5-6,8H2,1-2H3,(H,18,21)(H,19,20). The van der Waals surface area contributed by atoms with Crippen LogP contribution < -0.4 is 10.6 Å². The van der Waals surface area contributed by atoms with Crippen molar-refractivity contribution in [3.05, 3.63) is 29.6 Å². The number of carboxylic acid groups (broad SMARTS) is 1. The van der Waals surface area contributed by atoms with Gasteiger partial charge in [0.25, 0.3) is 0 Å². The second-order valence-corrected chi connectivity index (χ2v) is 5.69. The van der Waals surface area contributed by atoms with Crippen molar-refractivity contribution >= 4 is 17.6 Å². The molecule has 1 aromatic rings. The molecule has 1 unspecified atom stereocenters. The fraction of sp³-hybridized carbons (Fsp3) is 0.467. The van der Waals surface area contributed by atoms with Gasteiger partial charge >= 0.3 is 5.97 Å². The highest BCUT2D eigenvalue weighted by atomic mass is 19.1. The number of aromatic carboxylic acids is 1. The zero-order valence-electron chi connectivity index (χ0n) is 12.1. The van der Waals surface area contributed by atoms with Crippen molar-refractivity contribution in [3.63, 3.8) is 0 Å². The topological polar surface area (TPSA) is 78.4 Å². The molecule has 0 bridgehead atoms. The van der Waals surface area contributed by atoms with E-state index in [4.69, 9.17) is 5.11 Å². The van der Waals surface area contributed by atoms with Crippen LogP contribution in [0.2, 0.25) is 0 Å². The van der Waals surface area contributed by atoms with Crippen LogP contribution in [0, 0.1) is 17.2 Å². The highest BCUT2D eigenvalue weighted by Crippen LogP contribution is 2.35. The van der Waals surface area contributed by atoms with Gasteiger partial charge in [0.2, 0.25) is 5.91 Å². The van der Waals surface area contributed by atoms with Crippen molar-refractivity contribution in [1.82, 2.24) is 5.32 Å². The Labute approximate surface area is 122 Å². The Hall–Kier alpha value is -1.95. The van der Waals surface area contributed by atoms with E-state index < -0.39 is 17.2 Å². The van der Waals surface area contributed by atoms with Crippen LogP contribution in [0.25, 0.3) is 0 Å². The number of hydrogen-bond acceptors (Lipinski definition) is 3. The molecule has 0 radical (unpaired) electrons. The fourth-order valence-corrected chi connectivity index (χ4v) is 2.71. The monoisotopic (exact) mass is 294 g/mol. The minimum atomic E-state index is -1.27. The maximum absolute atomic E-state index is 13.2. The van der Waals surface area contributed by atoms with Crippen LogP contribution in [0.5, 0.6) is 0 Å². The molecule has 3 N–H and O–H groups in total. The van der Waals surface area contributed by atoms with Crippen LogP contribution in [-0.2, 0) is 4.79 Å². The average Bonchev–Trinajstić information content (AvgIpc) is 2.91. The molecule has 1 fully saturated rings. The lowest BCUT2D eigenvalue weighted by atomic mass is 9.75. The largest absolute Gasteiger partial charge is 0.478 e. The molecule has 1 saturated heterocycles. The second-order valence-electron chi connectivity index (χ2n) is 5.69. The molecule has 1 amide bonds. The van der Waals surface area contributed by atoms with E-state index in [2.05, 4.69) is 10.6 Å². The van der Waals surface area contributed by atoms with Crippen LogP contribution in [0.3, 0.4) is 0 Å². The lowest BCUT2D eigenvalue weighted by molar-refractivity contribution is -0.126. The molecule has 1 atom stereocenters. The summed E-state index contributed by atoms with van der Waals surface area (Å²) in [5.41, 5.74) is -0.682. The highest BCUT2D eigenvalue weighted by molar-refractivity contribution is 6.02. The number of anilines is 1. The fourth-order valence-electron chi connectivity index (χ4n) is 2.71. The molecule has 6 heteroatoms. The Kier molecular flexibility index (Phi) is 4.27. The molecule has 21 heavy (non-hydrogen) atoms. The van der Waals surface area contributed by atoms with E-state index in [0.717, 1.165) is 18.7 Å². The molecule has 114 valence electrons. The number of carbonyl (C=O) groups is 2. The summed E-state index contributed by atoms with van der Waals surface area (Å²) >= 11 is 0. The normalized spacial score (nSPS) is 21.5. The first-order chi connectivity index (χ1) is 9.86. The average molecular weight is 294 g/mol. The molecule has 0 aliphatic carbocycles. The van der Waals surface area contributed by atoms with E-state index in [1.807, 2.05) is 13.8 Å². The number of benzene rings is 1. The van der Waals surface area contributed by atoms with Gasteiger partial charge in [-0.15, -0.1) is 0 Å². The van der Waals surface area contributed by atoms with Gasteiger partial charge in [-0.3, -0.25) is 4.79 Å². The maximum Gasteiger partial charge on any atom is 0.337 e. The van der Waals surface area contributed by atoms with Crippen molar-refractivity contribution in [1.29, 1.82) is 0 Å². The Morgan fingerprint density at radius 1 is 1.43 bits per heavy atom. The predicted octanol–water partition coefficient (Wildman–Crippen LogP) is 2.10. The molecule has 0 aromatic heterocycles. The van der Waals surface area contributed by atoms with E-state index in [1.165, 1.54) is 6.07 Å². The predicted molar refractivity (Wildman–Crippen MR) is 76.7 cm³/mol. The molecular weight excluding hydrogens is 275 g/mol. The van der Waals surface area contributed by atoms with Gasteiger partial charge in [0.15, 0.2) is 0 Å². The minimum absolute atomic E-state index is 0.112. The quantitative estimate of drug-likeness (QED) is 0.794. The Morgan fingerprint density at radius 3 is 2.67 bits per heavy atom. The van der Waals surface area contributed by atoms with E-state index >= 15 is 0 Å². The number of nitrogens with one attached hydrogen (secondary N) is 2. The molecular formula is C15H19FN2O3. The summed E-state index contributed by atoms with van der Waals surface area (Å²) in [6.45, 7) is 5.24. The molecule has 1 aliphatic rings. The Bertz CT molecular complexity index is 566. The zero-order chi connectivity index (χ0) is 15.6. The lowest BCUT2D eigenvalue weighted by Gasteiger charge is -2.31. The van der Waals surface area contributed by atoms with Crippen LogP contribution in [0.1, 0.15) is 30.6 Å². The molecule has 5 nitrogen and oxygen atoms in total. The zero-order valence-corrected chi connectivity index (χ0v) is 12.1. The third kappa shape index (κ3) is 2.90. The minimum Gasteiger partial charge on any atom is -0.478 e. The summed E-state index contributed by atoms with van der Waals surface area (Å²) in [6, 6.07) is 3.33. The van der Waals surface area contributed by atoms with Gasteiger partial charge < -0.3 is 15.7 Å². The lowest BCUT2D eigenvalue weighted by Crippen LogP contribution is -2.42. The van der Waals surface area contributed by atoms with E-state index in [9.17, 15) is 14.0 Å². The molecule has 0 spiro atoms. The highest BCUT2D eigenvalue weighted by Gasteiger charge is 2.44. The summed E-state index contributed by atoms with van der Waals surface area (Å²) in [6.07, 6.45) is 0.695. The SMILES string of the molecule is CC(C)C1(C(=O)Nc2ccc(F)cc2C(=O)O)CCNC1. The first kappa shape index (κ1) is 15.4. The van der Waals surface area contributed by atoms with Crippen molar-refractivity contribution in [2.45, 2.75) is 20.3 Å². The number of amides is 1. The molecule has 1 heterocycles. The van der Waals surface area contributed by atoms with Gasteiger partial charge in [-0.2, -0.15) is 0 Å². The van der Waals surface area contributed by atoms with Gasteiger partial charge in [0.1, 0.15) is 5.82 Å². The summed E-state index contributed by atoms with van der Waals surface area (Å²) < 4.78 is 13.2. The van der Waals surface area contributed by atoms with Crippen LogP contribution >= 0.6 is 0 Å².